The van der Waals surface area contributed by atoms with Crippen LogP contribution in [0.3, 0.4) is 0 Å². The molecule has 27 heavy (non-hydrogen) atoms. The minimum Gasteiger partial charge on any atom is -0.391 e. The van der Waals surface area contributed by atoms with Gasteiger partial charge in [0.15, 0.2) is 5.69 Å². The maximum absolute atomic E-state index is 12.7. The largest absolute Gasteiger partial charge is 0.391 e. The van der Waals surface area contributed by atoms with Gasteiger partial charge in [-0.05, 0) is 24.7 Å². The van der Waals surface area contributed by atoms with E-state index in [1.165, 1.54) is 0 Å². The Hall–Kier alpha value is -2.19. The molecule has 8 nitrogen and oxygen atoms in total. The highest BCUT2D eigenvalue weighted by Gasteiger charge is 2.43. The van der Waals surface area contributed by atoms with Crippen LogP contribution in [0, 0.1) is 5.41 Å². The fourth-order valence-corrected chi connectivity index (χ4v) is 4.54. The lowest BCUT2D eigenvalue weighted by molar-refractivity contribution is 0.0244. The van der Waals surface area contributed by atoms with Gasteiger partial charge in [0.25, 0.3) is 5.91 Å². The van der Waals surface area contributed by atoms with Crippen LogP contribution in [0.2, 0.25) is 5.02 Å². The van der Waals surface area contributed by atoms with E-state index in [0.29, 0.717) is 30.4 Å². The predicted octanol–water partition coefficient (Wildman–Crippen LogP) is 1.36. The normalized spacial score (nSPS) is 22.3. The fraction of sp³-hybridized carbons (Fsp3) is 0.556. The van der Waals surface area contributed by atoms with Gasteiger partial charge in [-0.1, -0.05) is 11.6 Å². The summed E-state index contributed by atoms with van der Waals surface area (Å²) in [6.45, 7) is 2.64. The van der Waals surface area contributed by atoms with Gasteiger partial charge in [0.1, 0.15) is 5.82 Å². The zero-order chi connectivity index (χ0) is 19.0. The third-order valence-electron chi connectivity index (χ3n) is 5.60. The van der Waals surface area contributed by atoms with E-state index in [1.807, 2.05) is 4.90 Å². The third kappa shape index (κ3) is 3.64. The molecular formula is C18H23ClN6O2. The monoisotopic (exact) mass is 390 g/mol. The highest BCUT2D eigenvalue weighted by Crippen LogP contribution is 2.41. The average molecular weight is 391 g/mol. The summed E-state index contributed by atoms with van der Waals surface area (Å²) in [5.74, 6) is 0.659. The van der Waals surface area contributed by atoms with Gasteiger partial charge < -0.3 is 14.9 Å². The molecule has 2 fully saturated rings. The molecule has 0 aromatic carbocycles. The molecule has 1 N–H and O–H groups in total. The summed E-state index contributed by atoms with van der Waals surface area (Å²) in [7, 11) is 1.75. The molecule has 1 unspecified atom stereocenters. The van der Waals surface area contributed by atoms with Gasteiger partial charge in [0.2, 0.25) is 0 Å². The van der Waals surface area contributed by atoms with E-state index < -0.39 is 6.10 Å². The van der Waals surface area contributed by atoms with Gasteiger partial charge in [0.05, 0.1) is 17.3 Å². The summed E-state index contributed by atoms with van der Waals surface area (Å²) in [4.78, 5) is 25.2. The number of nitrogens with zero attached hydrogens (tertiary/aromatic N) is 6. The van der Waals surface area contributed by atoms with Crippen LogP contribution in [0.15, 0.2) is 24.8 Å². The number of likely N-dealkylation sites (tertiary alicyclic amines) is 1. The molecule has 9 heteroatoms. The van der Waals surface area contributed by atoms with E-state index in [4.69, 9.17) is 11.6 Å². The first-order chi connectivity index (χ1) is 13.0. The van der Waals surface area contributed by atoms with E-state index in [0.717, 1.165) is 31.6 Å². The summed E-state index contributed by atoms with van der Waals surface area (Å²) < 4.78 is 1.55. The minimum absolute atomic E-state index is 0.0279. The Kier molecular flexibility index (Phi) is 4.77. The van der Waals surface area contributed by atoms with Crippen LogP contribution in [-0.2, 0) is 7.05 Å². The second-order valence-corrected chi connectivity index (χ2v) is 8.00. The van der Waals surface area contributed by atoms with Crippen LogP contribution in [0.25, 0.3) is 0 Å². The molecule has 144 valence electrons. The molecule has 2 saturated heterocycles. The Morgan fingerprint density at radius 3 is 2.74 bits per heavy atom. The third-order valence-corrected chi connectivity index (χ3v) is 5.87. The van der Waals surface area contributed by atoms with Crippen molar-refractivity contribution in [3.63, 3.8) is 0 Å². The van der Waals surface area contributed by atoms with Crippen molar-refractivity contribution in [2.45, 2.75) is 25.4 Å². The number of piperidine rings is 2. The standard InChI is InChI=1S/C18H23ClN6O2/c1-23-11-14(19)16(22-23)17(27)24-6-2-18(3-7-24)8-13(26)10-25(12-18)15-9-20-4-5-21-15/h4-5,9,11,13,26H,2-3,6-8,10,12H2,1H3. The average Bonchev–Trinajstić information content (AvgIpc) is 3.00. The molecule has 4 heterocycles. The van der Waals surface area contributed by atoms with Gasteiger partial charge >= 0.3 is 0 Å². The number of carbonyl (C=O) groups excluding carboxylic acids is 1. The van der Waals surface area contributed by atoms with Crippen molar-refractivity contribution in [1.82, 2.24) is 24.6 Å². The molecule has 2 aromatic heterocycles. The number of hydrogen-bond acceptors (Lipinski definition) is 6. The van der Waals surface area contributed by atoms with Gasteiger partial charge in [0, 0.05) is 51.8 Å². The highest BCUT2D eigenvalue weighted by molar-refractivity contribution is 6.33. The maximum Gasteiger partial charge on any atom is 0.275 e. The van der Waals surface area contributed by atoms with Gasteiger partial charge in [-0.3, -0.25) is 14.5 Å². The van der Waals surface area contributed by atoms with Gasteiger partial charge in [-0.2, -0.15) is 5.10 Å². The number of amides is 1. The summed E-state index contributed by atoms with van der Waals surface area (Å²) >= 11 is 6.12. The first-order valence-corrected chi connectivity index (χ1v) is 9.51. The molecule has 0 radical (unpaired) electrons. The quantitative estimate of drug-likeness (QED) is 0.833. The predicted molar refractivity (Wildman–Crippen MR) is 101 cm³/mol. The Morgan fingerprint density at radius 1 is 1.33 bits per heavy atom. The van der Waals surface area contributed by atoms with E-state index in [-0.39, 0.29) is 11.3 Å². The number of β-amino-alcohol motifs (C(OH)–C–C–N with tert-alkyl or cyclic N) is 1. The first kappa shape index (κ1) is 18.2. The number of rotatable bonds is 2. The van der Waals surface area contributed by atoms with E-state index in [1.54, 1.807) is 36.5 Å². The summed E-state index contributed by atoms with van der Waals surface area (Å²) in [5, 5.41) is 15.0. The number of hydrogen-bond donors (Lipinski definition) is 1. The van der Waals surface area contributed by atoms with Gasteiger partial charge in [-0.15, -0.1) is 0 Å². The molecule has 0 saturated carbocycles. The lowest BCUT2D eigenvalue weighted by Gasteiger charge is -2.49. The second kappa shape index (κ2) is 7.09. The Balaban J connectivity index is 1.45. The van der Waals surface area contributed by atoms with E-state index >= 15 is 0 Å². The van der Waals surface area contributed by atoms with Crippen LogP contribution in [0.4, 0.5) is 5.82 Å². The molecule has 2 aliphatic rings. The van der Waals surface area contributed by atoms with Crippen molar-refractivity contribution in [3.05, 3.63) is 35.5 Å². The van der Waals surface area contributed by atoms with Crippen LogP contribution < -0.4 is 4.90 Å². The second-order valence-electron chi connectivity index (χ2n) is 7.59. The van der Waals surface area contributed by atoms with Crippen LogP contribution in [0.5, 0.6) is 0 Å². The number of aromatic nitrogens is 4. The lowest BCUT2D eigenvalue weighted by Crippen LogP contribution is -2.54. The molecule has 2 aromatic rings. The SMILES string of the molecule is Cn1cc(Cl)c(C(=O)N2CCC3(CC2)CC(O)CN(c2cnccn2)C3)n1. The maximum atomic E-state index is 12.7. The number of aliphatic hydroxyl groups is 1. The smallest absolute Gasteiger partial charge is 0.275 e. The van der Waals surface area contributed by atoms with Crippen LogP contribution >= 0.6 is 11.6 Å². The Labute approximate surface area is 162 Å². The van der Waals surface area contributed by atoms with Crippen molar-refractivity contribution >= 4 is 23.3 Å². The van der Waals surface area contributed by atoms with Crippen molar-refractivity contribution in [2.75, 3.05) is 31.1 Å². The van der Waals surface area contributed by atoms with Gasteiger partial charge in [-0.25, -0.2) is 4.98 Å². The highest BCUT2D eigenvalue weighted by atomic mass is 35.5. The molecule has 1 atom stereocenters. The van der Waals surface area contributed by atoms with Crippen LogP contribution in [-0.4, -0.2) is 67.9 Å². The Bertz CT molecular complexity index is 819. The fourth-order valence-electron chi connectivity index (χ4n) is 4.28. The topological polar surface area (TPSA) is 87.4 Å². The Morgan fingerprint density at radius 2 is 2.11 bits per heavy atom. The molecule has 0 bridgehead atoms. The van der Waals surface area contributed by atoms with Crippen molar-refractivity contribution < 1.29 is 9.90 Å². The van der Waals surface area contributed by atoms with Crippen molar-refractivity contribution in [1.29, 1.82) is 0 Å². The first-order valence-electron chi connectivity index (χ1n) is 9.13. The molecule has 0 aliphatic carbocycles. The number of aryl methyl sites for hydroxylation is 1. The minimum atomic E-state index is -0.409. The number of halogens is 1. The number of anilines is 1. The van der Waals surface area contributed by atoms with Crippen molar-refractivity contribution in [2.24, 2.45) is 12.5 Å². The zero-order valence-electron chi connectivity index (χ0n) is 15.3. The van der Waals surface area contributed by atoms with E-state index in [9.17, 15) is 9.90 Å². The van der Waals surface area contributed by atoms with Crippen molar-refractivity contribution in [3.8, 4) is 0 Å². The molecule has 1 spiro atoms. The molecule has 1 amide bonds. The van der Waals surface area contributed by atoms with Crippen LogP contribution in [0.1, 0.15) is 29.8 Å². The molecular weight excluding hydrogens is 368 g/mol. The van der Waals surface area contributed by atoms with E-state index in [2.05, 4.69) is 20.0 Å². The molecule has 2 aliphatic heterocycles. The zero-order valence-corrected chi connectivity index (χ0v) is 16.0. The lowest BCUT2D eigenvalue weighted by atomic mass is 9.71. The summed E-state index contributed by atoms with van der Waals surface area (Å²) in [5.41, 5.74) is 0.278. The summed E-state index contributed by atoms with van der Waals surface area (Å²) in [6, 6.07) is 0. The molecule has 4 rings (SSSR count). The number of carbonyl (C=O) groups is 1. The number of aliphatic hydroxyl groups excluding tert-OH is 1. The summed E-state index contributed by atoms with van der Waals surface area (Å²) in [6.07, 6.45) is 8.68.